The Bertz CT molecular complexity index is 464. The van der Waals surface area contributed by atoms with Crippen molar-refractivity contribution in [2.45, 2.75) is 19.6 Å². The molecule has 0 N–H and O–H groups in total. The predicted molar refractivity (Wildman–Crippen MR) is 63.4 cm³/mol. The molecule has 1 atom stereocenters. The van der Waals surface area contributed by atoms with Gasteiger partial charge in [-0.25, -0.2) is 0 Å². The van der Waals surface area contributed by atoms with Crippen LogP contribution < -0.4 is 0 Å². The molecule has 3 heteroatoms. The summed E-state index contributed by atoms with van der Waals surface area (Å²) in [5, 5.41) is 1.90. The van der Waals surface area contributed by atoms with Crippen LogP contribution in [0, 0.1) is 0 Å². The van der Waals surface area contributed by atoms with E-state index in [-0.39, 0.29) is 6.10 Å². The van der Waals surface area contributed by atoms with E-state index in [0.29, 0.717) is 0 Å². The standard InChI is InChI=1S/C12H14ClNO/c1-9(15-2)8-14-7-6-10-11(13)4-3-5-12(10)14/h3-7,9H,8H2,1-2H3. The van der Waals surface area contributed by atoms with E-state index in [9.17, 15) is 0 Å². The molecule has 0 saturated carbocycles. The summed E-state index contributed by atoms with van der Waals surface area (Å²) in [5.74, 6) is 0. The molecule has 1 unspecified atom stereocenters. The molecule has 0 spiro atoms. The molecule has 15 heavy (non-hydrogen) atoms. The van der Waals surface area contributed by atoms with E-state index in [0.717, 1.165) is 22.5 Å². The van der Waals surface area contributed by atoms with Crippen molar-refractivity contribution in [1.82, 2.24) is 4.57 Å². The minimum Gasteiger partial charge on any atom is -0.380 e. The van der Waals surface area contributed by atoms with E-state index in [2.05, 4.69) is 17.6 Å². The minimum absolute atomic E-state index is 0.208. The van der Waals surface area contributed by atoms with E-state index >= 15 is 0 Å². The first-order valence-electron chi connectivity index (χ1n) is 4.98. The molecule has 1 aromatic carbocycles. The van der Waals surface area contributed by atoms with Crippen LogP contribution in [-0.4, -0.2) is 17.8 Å². The number of halogens is 1. The van der Waals surface area contributed by atoms with Gasteiger partial charge in [0, 0.05) is 35.8 Å². The van der Waals surface area contributed by atoms with E-state index in [1.165, 1.54) is 0 Å². The first kappa shape index (κ1) is 10.5. The van der Waals surface area contributed by atoms with E-state index in [1.807, 2.05) is 24.4 Å². The van der Waals surface area contributed by atoms with Crippen LogP contribution in [0.15, 0.2) is 30.5 Å². The van der Waals surface area contributed by atoms with E-state index in [4.69, 9.17) is 16.3 Å². The molecule has 1 heterocycles. The van der Waals surface area contributed by atoms with Crippen molar-refractivity contribution in [3.63, 3.8) is 0 Å². The van der Waals surface area contributed by atoms with Gasteiger partial charge in [-0.3, -0.25) is 0 Å². The molecule has 2 aromatic rings. The molecule has 1 aromatic heterocycles. The second-order valence-corrected chi connectivity index (χ2v) is 4.09. The van der Waals surface area contributed by atoms with Gasteiger partial charge < -0.3 is 9.30 Å². The molecule has 0 aliphatic rings. The van der Waals surface area contributed by atoms with Gasteiger partial charge in [-0.05, 0) is 25.1 Å². The highest BCUT2D eigenvalue weighted by molar-refractivity contribution is 6.35. The summed E-state index contributed by atoms with van der Waals surface area (Å²) in [6, 6.07) is 8.00. The Labute approximate surface area is 94.4 Å². The molecule has 0 aliphatic carbocycles. The number of fused-ring (bicyclic) bond motifs is 1. The van der Waals surface area contributed by atoms with Crippen molar-refractivity contribution in [3.05, 3.63) is 35.5 Å². The van der Waals surface area contributed by atoms with Crippen LogP contribution in [0.5, 0.6) is 0 Å². The van der Waals surface area contributed by atoms with Crippen LogP contribution in [0.3, 0.4) is 0 Å². The highest BCUT2D eigenvalue weighted by Gasteiger charge is 2.06. The molecule has 0 radical (unpaired) electrons. The fraction of sp³-hybridized carbons (Fsp3) is 0.333. The molecule has 0 saturated heterocycles. The van der Waals surface area contributed by atoms with Gasteiger partial charge in [-0.1, -0.05) is 17.7 Å². The lowest BCUT2D eigenvalue weighted by molar-refractivity contribution is 0.104. The summed E-state index contributed by atoms with van der Waals surface area (Å²) < 4.78 is 7.41. The zero-order chi connectivity index (χ0) is 10.8. The van der Waals surface area contributed by atoms with E-state index in [1.54, 1.807) is 7.11 Å². The number of benzene rings is 1. The quantitative estimate of drug-likeness (QED) is 0.779. The molecule has 0 amide bonds. The maximum Gasteiger partial charge on any atom is 0.0722 e. The lowest BCUT2D eigenvalue weighted by Crippen LogP contribution is -2.13. The van der Waals surface area contributed by atoms with Gasteiger partial charge in [-0.15, -0.1) is 0 Å². The Kier molecular flexibility index (Phi) is 2.98. The smallest absolute Gasteiger partial charge is 0.0722 e. The Hall–Kier alpha value is -0.990. The number of ether oxygens (including phenoxy) is 1. The summed E-state index contributed by atoms with van der Waals surface area (Å²) in [7, 11) is 1.73. The lowest BCUT2D eigenvalue weighted by Gasteiger charge is -2.11. The summed E-state index contributed by atoms with van der Waals surface area (Å²) >= 11 is 6.10. The van der Waals surface area contributed by atoms with Crippen molar-refractivity contribution >= 4 is 22.5 Å². The fourth-order valence-electron chi connectivity index (χ4n) is 1.70. The molecule has 2 nitrogen and oxygen atoms in total. The largest absolute Gasteiger partial charge is 0.380 e. The third-order valence-electron chi connectivity index (χ3n) is 2.62. The van der Waals surface area contributed by atoms with Crippen LogP contribution in [-0.2, 0) is 11.3 Å². The van der Waals surface area contributed by atoms with Crippen molar-refractivity contribution in [3.8, 4) is 0 Å². The topological polar surface area (TPSA) is 14.2 Å². The van der Waals surface area contributed by atoms with Gasteiger partial charge in [0.25, 0.3) is 0 Å². The summed E-state index contributed by atoms with van der Waals surface area (Å²) in [5.41, 5.74) is 1.16. The monoisotopic (exact) mass is 223 g/mol. The van der Waals surface area contributed by atoms with Crippen molar-refractivity contribution in [2.24, 2.45) is 0 Å². The Morgan fingerprint density at radius 3 is 2.93 bits per heavy atom. The number of aromatic nitrogens is 1. The minimum atomic E-state index is 0.208. The zero-order valence-electron chi connectivity index (χ0n) is 8.90. The molecule has 2 rings (SSSR count). The van der Waals surface area contributed by atoms with Crippen molar-refractivity contribution in [2.75, 3.05) is 7.11 Å². The molecule has 0 bridgehead atoms. The summed E-state index contributed by atoms with van der Waals surface area (Å²) in [6.07, 6.45) is 2.26. The SMILES string of the molecule is COC(C)Cn1ccc2c(Cl)cccc21. The maximum atomic E-state index is 6.10. The number of rotatable bonds is 3. The van der Waals surface area contributed by atoms with Gasteiger partial charge in [0.1, 0.15) is 0 Å². The Balaban J connectivity index is 2.41. The number of hydrogen-bond donors (Lipinski definition) is 0. The van der Waals surface area contributed by atoms with Gasteiger partial charge in [-0.2, -0.15) is 0 Å². The first-order chi connectivity index (χ1) is 7.22. The molecular formula is C12H14ClNO. The molecule has 0 aliphatic heterocycles. The molecular weight excluding hydrogens is 210 g/mol. The van der Waals surface area contributed by atoms with Gasteiger partial charge >= 0.3 is 0 Å². The predicted octanol–water partition coefficient (Wildman–Crippen LogP) is 3.33. The van der Waals surface area contributed by atoms with Crippen molar-refractivity contribution in [1.29, 1.82) is 0 Å². The van der Waals surface area contributed by atoms with Gasteiger partial charge in [0.05, 0.1) is 6.10 Å². The summed E-state index contributed by atoms with van der Waals surface area (Å²) in [6.45, 7) is 2.90. The highest BCUT2D eigenvalue weighted by Crippen LogP contribution is 2.24. The third-order valence-corrected chi connectivity index (χ3v) is 2.95. The van der Waals surface area contributed by atoms with Crippen LogP contribution in [0.4, 0.5) is 0 Å². The molecule has 0 fully saturated rings. The zero-order valence-corrected chi connectivity index (χ0v) is 9.66. The van der Waals surface area contributed by atoms with Crippen LogP contribution in [0.2, 0.25) is 5.02 Å². The maximum absolute atomic E-state index is 6.10. The van der Waals surface area contributed by atoms with Gasteiger partial charge in [0.2, 0.25) is 0 Å². The Morgan fingerprint density at radius 1 is 1.40 bits per heavy atom. The normalized spacial score (nSPS) is 13.3. The Morgan fingerprint density at radius 2 is 2.20 bits per heavy atom. The highest BCUT2D eigenvalue weighted by atomic mass is 35.5. The van der Waals surface area contributed by atoms with Crippen molar-refractivity contribution < 1.29 is 4.74 Å². The third kappa shape index (κ3) is 2.01. The molecule has 80 valence electrons. The van der Waals surface area contributed by atoms with E-state index < -0.39 is 0 Å². The lowest BCUT2D eigenvalue weighted by atomic mass is 10.2. The average molecular weight is 224 g/mol. The number of nitrogens with zero attached hydrogens (tertiary/aromatic N) is 1. The number of methoxy groups -OCH3 is 1. The average Bonchev–Trinajstić information content (AvgIpc) is 2.63. The van der Waals surface area contributed by atoms with Crippen LogP contribution in [0.1, 0.15) is 6.92 Å². The van der Waals surface area contributed by atoms with Crippen LogP contribution in [0.25, 0.3) is 10.9 Å². The second kappa shape index (κ2) is 4.25. The first-order valence-corrected chi connectivity index (χ1v) is 5.36. The summed E-state index contributed by atoms with van der Waals surface area (Å²) in [4.78, 5) is 0. The van der Waals surface area contributed by atoms with Gasteiger partial charge in [0.15, 0.2) is 0 Å². The van der Waals surface area contributed by atoms with Crippen LogP contribution >= 0.6 is 11.6 Å². The number of hydrogen-bond acceptors (Lipinski definition) is 1. The fourth-order valence-corrected chi connectivity index (χ4v) is 1.93. The second-order valence-electron chi connectivity index (χ2n) is 3.69.